The van der Waals surface area contributed by atoms with Crippen LogP contribution in [0.1, 0.15) is 0 Å². The lowest BCUT2D eigenvalue weighted by Crippen LogP contribution is -1.98. The number of aromatic nitrogens is 7. The Morgan fingerprint density at radius 3 is 1.09 bits per heavy atom. The highest BCUT2D eigenvalue weighted by Crippen LogP contribution is 2.55. The van der Waals surface area contributed by atoms with Crippen molar-refractivity contribution in [1.82, 2.24) is 33.6 Å². The van der Waals surface area contributed by atoms with Crippen LogP contribution in [0.2, 0.25) is 0 Å². The maximum Gasteiger partial charge on any atom is 0.160 e. The molecule has 0 amide bonds. The zero-order valence-corrected chi connectivity index (χ0v) is 83.4. The average molecular weight is 1970 g/mol. The Hall–Kier alpha value is -18.0. The molecule has 23 aromatic carbocycles. The van der Waals surface area contributed by atoms with Crippen LogP contribution >= 0.6 is 56.7 Å². The number of thiophene rings is 5. The van der Waals surface area contributed by atoms with E-state index in [4.69, 9.17) is 19.9 Å². The fourth-order valence-corrected chi connectivity index (χ4v) is 29.7. The number of hydrogen-bond donors (Lipinski definition) is 0. The van der Waals surface area contributed by atoms with E-state index < -0.39 is 0 Å². The van der Waals surface area contributed by atoms with Crippen LogP contribution in [0.4, 0.5) is 0 Å². The van der Waals surface area contributed by atoms with E-state index in [1.807, 2.05) is 45.3 Å². The van der Waals surface area contributed by atoms with Crippen molar-refractivity contribution in [2.24, 2.45) is 0 Å². The van der Waals surface area contributed by atoms with Gasteiger partial charge in [0, 0.05) is 159 Å². The van der Waals surface area contributed by atoms with Crippen molar-refractivity contribution in [2.45, 2.75) is 0 Å². The van der Waals surface area contributed by atoms with Gasteiger partial charge < -0.3 is 13.7 Å². The van der Waals surface area contributed by atoms with Crippen molar-refractivity contribution in [3.8, 4) is 84.6 Å². The number of nitrogens with zero attached hydrogens (tertiary/aromatic N) is 7. The van der Waals surface area contributed by atoms with Crippen molar-refractivity contribution < 1.29 is 0 Å². The summed E-state index contributed by atoms with van der Waals surface area (Å²) in [6, 6.07) is 173. The lowest BCUT2D eigenvalue weighted by atomic mass is 9.97. The Morgan fingerprint density at radius 2 is 0.534 bits per heavy atom. The molecule has 0 saturated carbocycles. The first-order valence-electron chi connectivity index (χ1n) is 50.0. The topological polar surface area (TPSA) is 66.3 Å². The molecule has 148 heavy (non-hydrogen) atoms. The molecule has 7 nitrogen and oxygen atoms in total. The first kappa shape index (κ1) is 84.5. The van der Waals surface area contributed by atoms with Crippen LogP contribution in [0.25, 0.3) is 305 Å². The van der Waals surface area contributed by atoms with Gasteiger partial charge in [0.1, 0.15) is 0 Å². The summed E-state index contributed by atoms with van der Waals surface area (Å²) in [4.78, 5) is 21.4. The van der Waals surface area contributed by atoms with E-state index in [9.17, 15) is 0 Å². The Bertz CT molecular complexity index is 11400. The Kier molecular flexibility index (Phi) is 19.3. The second kappa shape index (κ2) is 33.8. The summed E-state index contributed by atoms with van der Waals surface area (Å²) in [5, 5.41) is 30.6. The van der Waals surface area contributed by atoms with Crippen molar-refractivity contribution in [2.75, 3.05) is 0 Å². The molecule has 0 aliphatic heterocycles. The van der Waals surface area contributed by atoms with E-state index in [2.05, 4.69) is 493 Å². The molecule has 0 bridgehead atoms. The van der Waals surface area contributed by atoms with Crippen LogP contribution in [0.3, 0.4) is 0 Å². The van der Waals surface area contributed by atoms with E-state index in [1.165, 1.54) is 211 Å². The van der Waals surface area contributed by atoms with Gasteiger partial charge in [-0.1, -0.05) is 370 Å². The van der Waals surface area contributed by atoms with Gasteiger partial charge in [-0.25, -0.2) is 19.9 Å². The van der Waals surface area contributed by atoms with Crippen molar-refractivity contribution in [3.05, 3.63) is 479 Å². The number of hydrogen-bond acceptors (Lipinski definition) is 9. The summed E-state index contributed by atoms with van der Waals surface area (Å²) in [5.41, 5.74) is 23.7. The molecule has 0 saturated heterocycles. The average Bonchev–Trinajstić information content (AvgIpc) is 1.54. The minimum absolute atomic E-state index is 0.715. The Balaban J connectivity index is 0.000000103. The predicted octanol–water partition coefficient (Wildman–Crippen LogP) is 39.5. The fourth-order valence-electron chi connectivity index (χ4n) is 23.7. The third-order valence-electron chi connectivity index (χ3n) is 30.1. The summed E-state index contributed by atoms with van der Waals surface area (Å²) in [6.07, 6.45) is 0. The summed E-state index contributed by atoms with van der Waals surface area (Å²) < 4.78 is 20.2. The molecule has 33 aromatic rings. The Labute approximate surface area is 867 Å². The Morgan fingerprint density at radius 1 is 0.155 bits per heavy atom. The molecule has 10 aromatic heterocycles. The van der Waals surface area contributed by atoms with Crippen molar-refractivity contribution >= 4 is 277 Å². The summed E-state index contributed by atoms with van der Waals surface area (Å²) in [7, 11) is 0. The monoisotopic (exact) mass is 1970 g/mol. The quantitative estimate of drug-likeness (QED) is 0.135. The normalized spacial score (nSPS) is 12.1. The number of rotatable bonds is 9. The summed E-state index contributed by atoms with van der Waals surface area (Å²) in [6.45, 7) is 0. The summed E-state index contributed by atoms with van der Waals surface area (Å²) >= 11 is 9.31. The van der Waals surface area contributed by atoms with Crippen LogP contribution < -0.4 is 0 Å². The molecular formula is C136H79N7S5. The fraction of sp³-hybridized carbons (Fsp3) is 0. The van der Waals surface area contributed by atoms with Gasteiger partial charge in [-0.15, -0.1) is 56.7 Å². The van der Waals surface area contributed by atoms with E-state index in [1.54, 1.807) is 11.3 Å². The molecule has 0 radical (unpaired) electrons. The smallest absolute Gasteiger partial charge is 0.160 e. The number of benzene rings is 23. The van der Waals surface area contributed by atoms with Gasteiger partial charge in [0.05, 0.1) is 74.3 Å². The van der Waals surface area contributed by atoms with Crippen LogP contribution in [-0.4, -0.2) is 33.6 Å². The lowest BCUT2D eigenvalue weighted by molar-refractivity contribution is 1.18. The van der Waals surface area contributed by atoms with Crippen LogP contribution in [-0.2, 0) is 0 Å². The minimum Gasteiger partial charge on any atom is -0.308 e. The van der Waals surface area contributed by atoms with E-state index in [0.29, 0.717) is 5.82 Å². The standard InChI is InChI=1S/C52H29N3S2.C50H29N3S2.C34H21NS/c1-2-13-31(14-3-1)48-40-26-22-30-12-4-5-15-34(30)49(40)54-52(53-48)32-23-25-35-41-29-33(24-27-44(41)56-45(35)28-32)55-42-20-10-8-18-38(42)46-36-16-6-7-17-37(36)47-39-19-9-11-21-43(39)57-51(47)50(46)55;1-3-15-30(16-4-1)32-27-33(50-51-45(31-17-5-2-6-18-31)49-46(52-50)39-23-11-14-26-42(39)55-49)29-34(28-32)53-40-24-12-9-21-37(40)43-35-19-7-8-20-36(35)44-38-22-10-13-25-41(38)54-48(44)47(43)53;1-3-11-22(12-4-1)23-19-20-29-28(21-23)31-25-15-7-8-16-26(25)32-27-17-9-10-18-30(27)36-34(32)33(31)35(29)24-13-5-2-6-14-24/h1-29H;1-29H;1-21H. The number of para-hydroxylation sites is 3. The minimum atomic E-state index is 0.715. The molecule has 0 aliphatic carbocycles. The first-order valence-corrected chi connectivity index (χ1v) is 54.1. The number of fused-ring (bicyclic) bond motifs is 39. The SMILES string of the molecule is c1ccc(-c2cc(-c3nc(-c4ccccc4)c4sc5ccccc5c4n3)cc(-n3c4ccccc4c4c5ccccc5c5c6ccccc6sc5c43)c2)cc1.c1ccc(-c2ccc3c(c2)c2c4ccccc4c4c5ccccc5sc4c2n3-c2ccccc2)cc1.c1ccc(-c2nc(-c3ccc4c(c3)sc3ccc(-n5c6ccccc6c6c7ccccc7c7c8ccccc8sc7c65)cc34)nc3c2ccc2ccccc23)cc1. The molecule has 0 aliphatic rings. The highest BCUT2D eigenvalue weighted by Gasteiger charge is 2.30. The molecule has 33 rings (SSSR count). The van der Waals surface area contributed by atoms with Gasteiger partial charge in [-0.2, -0.15) is 0 Å². The van der Waals surface area contributed by atoms with Crippen LogP contribution in [0.5, 0.6) is 0 Å². The highest BCUT2D eigenvalue weighted by molar-refractivity contribution is 7.28. The molecule has 0 N–H and O–H groups in total. The molecule has 0 unspecified atom stereocenters. The second-order valence-corrected chi connectivity index (χ2v) is 43.6. The maximum absolute atomic E-state index is 5.43. The van der Waals surface area contributed by atoms with Gasteiger partial charge in [0.25, 0.3) is 0 Å². The molecule has 0 atom stereocenters. The van der Waals surface area contributed by atoms with Crippen molar-refractivity contribution in [3.63, 3.8) is 0 Å². The lowest BCUT2D eigenvalue weighted by Gasteiger charge is -2.15. The molecule has 0 fully saturated rings. The van der Waals surface area contributed by atoms with E-state index >= 15 is 0 Å². The van der Waals surface area contributed by atoms with Gasteiger partial charge in [0.2, 0.25) is 0 Å². The van der Waals surface area contributed by atoms with Gasteiger partial charge in [0.15, 0.2) is 11.6 Å². The van der Waals surface area contributed by atoms with Crippen molar-refractivity contribution in [1.29, 1.82) is 0 Å². The van der Waals surface area contributed by atoms with E-state index in [0.717, 1.165) is 88.2 Å². The molecule has 10 heterocycles. The molecular weight excluding hydrogens is 1890 g/mol. The predicted molar refractivity (Wildman–Crippen MR) is 638 cm³/mol. The molecule has 12 heteroatoms. The second-order valence-electron chi connectivity index (χ2n) is 38.3. The van der Waals surface area contributed by atoms with Gasteiger partial charge in [-0.3, -0.25) is 0 Å². The first-order chi connectivity index (χ1) is 73.4. The molecule has 688 valence electrons. The van der Waals surface area contributed by atoms with Crippen LogP contribution in [0.15, 0.2) is 479 Å². The zero-order chi connectivity index (χ0) is 96.9. The van der Waals surface area contributed by atoms with E-state index in [-0.39, 0.29) is 0 Å². The van der Waals surface area contributed by atoms with Crippen LogP contribution in [0, 0.1) is 0 Å². The largest absolute Gasteiger partial charge is 0.308 e. The third kappa shape index (κ3) is 13.2. The zero-order valence-electron chi connectivity index (χ0n) is 79.3. The third-order valence-corrected chi connectivity index (χ3v) is 35.9. The molecule has 0 spiro atoms. The van der Waals surface area contributed by atoms with Gasteiger partial charge >= 0.3 is 0 Å². The maximum atomic E-state index is 5.43. The highest BCUT2D eigenvalue weighted by atomic mass is 32.1. The summed E-state index contributed by atoms with van der Waals surface area (Å²) in [5.74, 6) is 1.45. The van der Waals surface area contributed by atoms with Gasteiger partial charge in [-0.05, 0) is 169 Å².